The van der Waals surface area contributed by atoms with Crippen molar-refractivity contribution in [2.45, 2.75) is 13.1 Å². The van der Waals surface area contributed by atoms with Crippen LogP contribution in [-0.4, -0.2) is 51.8 Å². The number of hydrogen-bond donors (Lipinski definition) is 1. The number of benzene rings is 2. The Bertz CT molecular complexity index is 1020. The second-order valence-corrected chi connectivity index (χ2v) is 7.22. The monoisotopic (exact) mass is 401 g/mol. The largest absolute Gasteiger partial charge is 0.369 e. The molecular formula is C22H23N7O. The van der Waals surface area contributed by atoms with Crippen LogP contribution >= 0.6 is 0 Å². The predicted octanol–water partition coefficient (Wildman–Crippen LogP) is 2.11. The third kappa shape index (κ3) is 5.01. The Kier molecular flexibility index (Phi) is 6.01. The van der Waals surface area contributed by atoms with Crippen molar-refractivity contribution in [1.82, 2.24) is 19.7 Å². The lowest BCUT2D eigenvalue weighted by molar-refractivity contribution is -0.116. The Morgan fingerprint density at radius 1 is 1.03 bits per heavy atom. The van der Waals surface area contributed by atoms with Crippen LogP contribution in [0.1, 0.15) is 11.4 Å². The number of anilines is 2. The zero-order valence-corrected chi connectivity index (χ0v) is 16.6. The van der Waals surface area contributed by atoms with Gasteiger partial charge in [0.1, 0.15) is 18.9 Å². The van der Waals surface area contributed by atoms with Crippen LogP contribution in [0.25, 0.3) is 0 Å². The highest BCUT2D eigenvalue weighted by Gasteiger charge is 2.17. The highest BCUT2D eigenvalue weighted by Crippen LogP contribution is 2.20. The fraction of sp³-hybridized carbons (Fsp3) is 0.273. The average molecular weight is 401 g/mol. The lowest BCUT2D eigenvalue weighted by atomic mass is 10.2. The summed E-state index contributed by atoms with van der Waals surface area (Å²) in [5, 5.41) is 15.5. The maximum Gasteiger partial charge on any atom is 0.252 e. The van der Waals surface area contributed by atoms with Gasteiger partial charge >= 0.3 is 0 Å². The van der Waals surface area contributed by atoms with Crippen molar-refractivity contribution in [1.29, 1.82) is 5.26 Å². The predicted molar refractivity (Wildman–Crippen MR) is 114 cm³/mol. The van der Waals surface area contributed by atoms with Crippen LogP contribution in [0.15, 0.2) is 60.9 Å². The molecule has 0 radical (unpaired) electrons. The number of carbonyl (C=O) groups is 1. The number of hydrogen-bond acceptors (Lipinski definition) is 6. The van der Waals surface area contributed by atoms with E-state index in [2.05, 4.69) is 49.5 Å². The smallest absolute Gasteiger partial charge is 0.252 e. The summed E-state index contributed by atoms with van der Waals surface area (Å²) in [4.78, 5) is 20.8. The summed E-state index contributed by atoms with van der Waals surface area (Å²) < 4.78 is 1.34. The summed E-state index contributed by atoms with van der Waals surface area (Å²) in [6, 6.07) is 20.3. The van der Waals surface area contributed by atoms with Gasteiger partial charge in [-0.2, -0.15) is 5.26 Å². The number of piperazine rings is 1. The summed E-state index contributed by atoms with van der Waals surface area (Å²) in [5.41, 5.74) is 3.23. The molecule has 2 heterocycles. The van der Waals surface area contributed by atoms with Crippen LogP contribution in [0.3, 0.4) is 0 Å². The first kappa shape index (κ1) is 19.6. The van der Waals surface area contributed by atoms with Gasteiger partial charge in [0.05, 0.1) is 0 Å². The van der Waals surface area contributed by atoms with Crippen molar-refractivity contribution in [3.05, 3.63) is 72.3 Å². The Balaban J connectivity index is 1.26. The van der Waals surface area contributed by atoms with Gasteiger partial charge in [0, 0.05) is 44.1 Å². The van der Waals surface area contributed by atoms with Gasteiger partial charge < -0.3 is 10.2 Å². The van der Waals surface area contributed by atoms with Gasteiger partial charge in [0.2, 0.25) is 5.91 Å². The molecule has 0 aliphatic carbocycles. The molecule has 30 heavy (non-hydrogen) atoms. The topological polar surface area (TPSA) is 90.1 Å². The molecule has 8 nitrogen and oxygen atoms in total. The van der Waals surface area contributed by atoms with Gasteiger partial charge in [0.15, 0.2) is 0 Å². The Labute approximate surface area is 175 Å². The maximum atomic E-state index is 12.2. The van der Waals surface area contributed by atoms with E-state index in [9.17, 15) is 4.79 Å². The third-order valence-corrected chi connectivity index (χ3v) is 5.08. The molecule has 0 atom stereocenters. The van der Waals surface area contributed by atoms with Crippen LogP contribution < -0.4 is 10.2 Å². The SMILES string of the molecule is N#Cc1ncn(CC(=O)Nc2ccc(N3CCN(Cc4ccccc4)CC3)cc2)n1. The Morgan fingerprint density at radius 2 is 1.77 bits per heavy atom. The first-order chi connectivity index (χ1) is 14.7. The first-order valence-electron chi connectivity index (χ1n) is 9.90. The molecule has 1 amide bonds. The summed E-state index contributed by atoms with van der Waals surface area (Å²) >= 11 is 0. The summed E-state index contributed by atoms with van der Waals surface area (Å²) in [7, 11) is 0. The van der Waals surface area contributed by atoms with Gasteiger partial charge in [-0.1, -0.05) is 30.3 Å². The van der Waals surface area contributed by atoms with Crippen molar-refractivity contribution in [3.8, 4) is 6.07 Å². The van der Waals surface area contributed by atoms with E-state index in [1.807, 2.05) is 36.4 Å². The van der Waals surface area contributed by atoms with E-state index in [0.29, 0.717) is 0 Å². The summed E-state index contributed by atoms with van der Waals surface area (Å²) in [5.74, 6) is -0.164. The van der Waals surface area contributed by atoms with E-state index in [1.165, 1.54) is 16.6 Å². The second kappa shape index (κ2) is 9.20. The van der Waals surface area contributed by atoms with Crippen molar-refractivity contribution in [2.24, 2.45) is 0 Å². The normalized spacial score (nSPS) is 14.3. The van der Waals surface area contributed by atoms with Crippen molar-refractivity contribution >= 4 is 17.3 Å². The molecule has 0 unspecified atom stereocenters. The third-order valence-electron chi connectivity index (χ3n) is 5.08. The first-order valence-corrected chi connectivity index (χ1v) is 9.90. The molecule has 8 heteroatoms. The lowest BCUT2D eigenvalue weighted by Crippen LogP contribution is -2.45. The second-order valence-electron chi connectivity index (χ2n) is 7.22. The molecule has 1 aliphatic rings. The van der Waals surface area contributed by atoms with Gasteiger partial charge in [-0.25, -0.2) is 9.67 Å². The maximum absolute atomic E-state index is 12.2. The van der Waals surface area contributed by atoms with E-state index in [1.54, 1.807) is 0 Å². The number of nitriles is 1. The van der Waals surface area contributed by atoms with Crippen LogP contribution in [0, 0.1) is 11.3 Å². The molecule has 1 aliphatic heterocycles. The molecule has 0 saturated carbocycles. The molecule has 1 saturated heterocycles. The van der Waals surface area contributed by atoms with E-state index < -0.39 is 0 Å². The van der Waals surface area contributed by atoms with Crippen molar-refractivity contribution in [3.63, 3.8) is 0 Å². The van der Waals surface area contributed by atoms with Crippen molar-refractivity contribution in [2.75, 3.05) is 36.4 Å². The Hall–Kier alpha value is -3.70. The molecular weight excluding hydrogens is 378 g/mol. The molecule has 3 aromatic rings. The highest BCUT2D eigenvalue weighted by molar-refractivity contribution is 5.90. The molecule has 1 N–H and O–H groups in total. The minimum absolute atomic E-state index is 0.0137. The molecule has 152 valence electrons. The standard InChI is InChI=1S/C22H23N7O/c23-14-21-24-17-29(26-21)16-22(30)25-19-6-8-20(9-7-19)28-12-10-27(11-13-28)15-18-4-2-1-3-5-18/h1-9,17H,10-13,15-16H2,(H,25,30). The van der Waals surface area contributed by atoms with Gasteiger partial charge in [-0.05, 0) is 29.8 Å². The number of rotatable bonds is 6. The van der Waals surface area contributed by atoms with Crippen molar-refractivity contribution < 1.29 is 4.79 Å². The highest BCUT2D eigenvalue weighted by atomic mass is 16.2. The average Bonchev–Trinajstić information content (AvgIpc) is 3.23. The van der Waals surface area contributed by atoms with E-state index >= 15 is 0 Å². The van der Waals surface area contributed by atoms with E-state index in [0.717, 1.165) is 44.1 Å². The van der Waals surface area contributed by atoms with Gasteiger partial charge in [0.25, 0.3) is 5.82 Å². The zero-order valence-electron chi connectivity index (χ0n) is 16.6. The minimum atomic E-state index is -0.216. The van der Waals surface area contributed by atoms with Crippen LogP contribution in [0.4, 0.5) is 11.4 Å². The number of nitrogens with zero attached hydrogens (tertiary/aromatic N) is 6. The zero-order chi connectivity index (χ0) is 20.8. The molecule has 1 fully saturated rings. The van der Waals surface area contributed by atoms with Crippen LogP contribution in [0.5, 0.6) is 0 Å². The summed E-state index contributed by atoms with van der Waals surface area (Å²) in [6.45, 7) is 5.01. The number of carbonyl (C=O) groups excluding carboxylic acids is 1. The molecule has 0 bridgehead atoms. The summed E-state index contributed by atoms with van der Waals surface area (Å²) in [6.07, 6.45) is 1.37. The molecule has 1 aromatic heterocycles. The number of aromatic nitrogens is 3. The molecule has 2 aromatic carbocycles. The number of amides is 1. The fourth-order valence-electron chi connectivity index (χ4n) is 3.53. The number of nitrogens with one attached hydrogen (secondary N) is 1. The van der Waals surface area contributed by atoms with Gasteiger partial charge in [-0.3, -0.25) is 9.69 Å². The lowest BCUT2D eigenvalue weighted by Gasteiger charge is -2.36. The fourth-order valence-corrected chi connectivity index (χ4v) is 3.53. The van der Waals surface area contributed by atoms with E-state index in [-0.39, 0.29) is 18.3 Å². The molecule has 0 spiro atoms. The Morgan fingerprint density at radius 3 is 2.43 bits per heavy atom. The van der Waals surface area contributed by atoms with Crippen LogP contribution in [0.2, 0.25) is 0 Å². The van der Waals surface area contributed by atoms with Crippen LogP contribution in [-0.2, 0) is 17.9 Å². The molecule has 4 rings (SSSR count). The quantitative estimate of drug-likeness (QED) is 0.680. The van der Waals surface area contributed by atoms with E-state index in [4.69, 9.17) is 5.26 Å². The van der Waals surface area contributed by atoms with Gasteiger partial charge in [-0.15, -0.1) is 5.10 Å². The minimum Gasteiger partial charge on any atom is -0.369 e.